The Bertz CT molecular complexity index is 1120. The number of para-hydroxylation sites is 1. The highest BCUT2D eigenvalue weighted by atomic mass is 16.5. The zero-order chi connectivity index (χ0) is 17.9. The summed E-state index contributed by atoms with van der Waals surface area (Å²) in [5, 5.41) is 11.2. The Kier molecular flexibility index (Phi) is 4.11. The molecule has 0 spiro atoms. The van der Waals surface area contributed by atoms with Crippen molar-refractivity contribution in [3.8, 4) is 22.6 Å². The van der Waals surface area contributed by atoms with E-state index in [9.17, 15) is 9.90 Å². The normalized spacial score (nSPS) is 10.8. The third kappa shape index (κ3) is 2.91. The minimum absolute atomic E-state index is 0.104. The summed E-state index contributed by atoms with van der Waals surface area (Å²) >= 11 is 0. The number of pyridine rings is 2. The first-order valence-electron chi connectivity index (χ1n) is 8.20. The molecule has 0 aliphatic heterocycles. The largest absolute Gasteiger partial charge is 0.506 e. The van der Waals surface area contributed by atoms with Gasteiger partial charge in [0.1, 0.15) is 23.8 Å². The maximum atomic E-state index is 12.6. The first kappa shape index (κ1) is 15.9. The van der Waals surface area contributed by atoms with E-state index in [4.69, 9.17) is 4.74 Å². The molecule has 4 rings (SSSR count). The van der Waals surface area contributed by atoms with Crippen molar-refractivity contribution in [3.63, 3.8) is 0 Å². The van der Waals surface area contributed by atoms with Gasteiger partial charge in [0, 0.05) is 11.8 Å². The molecular formula is C21H16N2O3. The topological polar surface area (TPSA) is 75.2 Å². The fourth-order valence-corrected chi connectivity index (χ4v) is 2.89. The van der Waals surface area contributed by atoms with E-state index in [2.05, 4.69) is 9.97 Å². The van der Waals surface area contributed by atoms with Gasteiger partial charge in [0.15, 0.2) is 0 Å². The van der Waals surface area contributed by atoms with Crippen LogP contribution in [0.3, 0.4) is 0 Å². The van der Waals surface area contributed by atoms with Crippen LogP contribution in [0.15, 0.2) is 77.7 Å². The molecule has 26 heavy (non-hydrogen) atoms. The van der Waals surface area contributed by atoms with Crippen LogP contribution in [0.1, 0.15) is 5.56 Å². The van der Waals surface area contributed by atoms with Crippen LogP contribution in [0.4, 0.5) is 0 Å². The van der Waals surface area contributed by atoms with Crippen LogP contribution in [-0.2, 0) is 6.61 Å². The molecule has 0 saturated heterocycles. The SMILES string of the molecule is O=c1[nH]c2ncccc2c(O)c1-c1ccccc1OCc1ccccc1. The Balaban J connectivity index is 1.79. The Morgan fingerprint density at radius 2 is 1.73 bits per heavy atom. The summed E-state index contributed by atoms with van der Waals surface area (Å²) in [4.78, 5) is 19.4. The number of aromatic hydroxyl groups is 1. The van der Waals surface area contributed by atoms with Crippen molar-refractivity contribution in [1.29, 1.82) is 0 Å². The van der Waals surface area contributed by atoms with Crippen molar-refractivity contribution in [2.45, 2.75) is 6.61 Å². The minimum Gasteiger partial charge on any atom is -0.506 e. The van der Waals surface area contributed by atoms with E-state index >= 15 is 0 Å². The quantitative estimate of drug-likeness (QED) is 0.589. The van der Waals surface area contributed by atoms with Crippen LogP contribution in [-0.4, -0.2) is 15.1 Å². The maximum Gasteiger partial charge on any atom is 0.261 e. The summed E-state index contributed by atoms with van der Waals surface area (Å²) in [5.74, 6) is 0.424. The molecule has 4 aromatic rings. The maximum absolute atomic E-state index is 12.6. The molecular weight excluding hydrogens is 328 g/mol. The standard InChI is InChI=1S/C21H16N2O3/c24-19-16-10-6-12-22-20(16)23-21(25)18(19)15-9-4-5-11-17(15)26-13-14-7-2-1-3-8-14/h1-12H,13H2,(H2,22,23,24,25). The van der Waals surface area contributed by atoms with Crippen LogP contribution >= 0.6 is 0 Å². The molecule has 0 aliphatic carbocycles. The predicted molar refractivity (Wildman–Crippen MR) is 100 cm³/mol. The molecule has 0 bridgehead atoms. The molecule has 0 unspecified atom stereocenters. The summed E-state index contributed by atoms with van der Waals surface area (Å²) in [6.45, 7) is 0.367. The molecule has 0 saturated carbocycles. The first-order valence-corrected chi connectivity index (χ1v) is 8.20. The lowest BCUT2D eigenvalue weighted by Gasteiger charge is -2.13. The summed E-state index contributed by atoms with van der Waals surface area (Å²) in [6.07, 6.45) is 1.56. The molecule has 0 aliphatic rings. The van der Waals surface area contributed by atoms with Crippen LogP contribution in [0.2, 0.25) is 0 Å². The van der Waals surface area contributed by atoms with Gasteiger partial charge in [-0.2, -0.15) is 0 Å². The highest BCUT2D eigenvalue weighted by Crippen LogP contribution is 2.36. The van der Waals surface area contributed by atoms with Gasteiger partial charge in [-0.3, -0.25) is 4.79 Å². The molecule has 2 N–H and O–H groups in total. The van der Waals surface area contributed by atoms with Gasteiger partial charge in [-0.05, 0) is 23.8 Å². The molecule has 5 heteroatoms. The lowest BCUT2D eigenvalue weighted by Crippen LogP contribution is -2.11. The molecule has 2 aromatic heterocycles. The van der Waals surface area contributed by atoms with Crippen molar-refractivity contribution in [3.05, 3.63) is 88.8 Å². The molecule has 0 atom stereocenters. The smallest absolute Gasteiger partial charge is 0.261 e. The molecule has 0 radical (unpaired) electrons. The third-order valence-corrected chi connectivity index (χ3v) is 4.15. The Labute approximate surface area is 149 Å². The second-order valence-corrected chi connectivity index (χ2v) is 5.85. The molecule has 2 heterocycles. The van der Waals surface area contributed by atoms with Gasteiger partial charge in [-0.1, -0.05) is 48.5 Å². The van der Waals surface area contributed by atoms with E-state index in [-0.39, 0.29) is 11.3 Å². The monoisotopic (exact) mass is 344 g/mol. The Morgan fingerprint density at radius 1 is 0.962 bits per heavy atom. The number of ether oxygens (including phenoxy) is 1. The minimum atomic E-state index is -0.413. The third-order valence-electron chi connectivity index (χ3n) is 4.15. The number of nitrogens with zero attached hydrogens (tertiary/aromatic N) is 1. The molecule has 2 aromatic carbocycles. The number of benzene rings is 2. The van der Waals surface area contributed by atoms with Crippen molar-refractivity contribution in [2.24, 2.45) is 0 Å². The number of nitrogens with one attached hydrogen (secondary N) is 1. The van der Waals surface area contributed by atoms with Gasteiger partial charge in [0.2, 0.25) is 0 Å². The summed E-state index contributed by atoms with van der Waals surface area (Å²) in [7, 11) is 0. The molecule has 128 valence electrons. The lowest BCUT2D eigenvalue weighted by molar-refractivity contribution is 0.307. The van der Waals surface area contributed by atoms with Gasteiger partial charge in [-0.15, -0.1) is 0 Å². The average molecular weight is 344 g/mol. The number of fused-ring (bicyclic) bond motifs is 1. The van der Waals surface area contributed by atoms with Crippen LogP contribution in [0.5, 0.6) is 11.5 Å². The van der Waals surface area contributed by atoms with Gasteiger partial charge >= 0.3 is 0 Å². The number of aromatic amines is 1. The van der Waals surface area contributed by atoms with E-state index in [1.165, 1.54) is 0 Å². The fraction of sp³-hybridized carbons (Fsp3) is 0.0476. The zero-order valence-electron chi connectivity index (χ0n) is 13.8. The van der Waals surface area contributed by atoms with E-state index in [1.807, 2.05) is 36.4 Å². The predicted octanol–water partition coefficient (Wildman–Crippen LogP) is 3.87. The van der Waals surface area contributed by atoms with Crippen molar-refractivity contribution < 1.29 is 9.84 Å². The van der Waals surface area contributed by atoms with Crippen LogP contribution in [0, 0.1) is 0 Å². The number of aromatic nitrogens is 2. The summed E-state index contributed by atoms with van der Waals surface area (Å²) in [6, 6.07) is 20.4. The second kappa shape index (κ2) is 6.72. The van der Waals surface area contributed by atoms with E-state index in [0.29, 0.717) is 29.0 Å². The number of hydrogen-bond acceptors (Lipinski definition) is 4. The average Bonchev–Trinajstić information content (AvgIpc) is 2.68. The molecule has 0 fully saturated rings. The van der Waals surface area contributed by atoms with Crippen LogP contribution < -0.4 is 10.3 Å². The first-order chi connectivity index (χ1) is 12.7. The highest BCUT2D eigenvalue weighted by Gasteiger charge is 2.17. The Hall–Kier alpha value is -3.60. The Morgan fingerprint density at radius 3 is 2.58 bits per heavy atom. The summed E-state index contributed by atoms with van der Waals surface area (Å²) < 4.78 is 5.92. The van der Waals surface area contributed by atoms with Crippen molar-refractivity contribution in [1.82, 2.24) is 9.97 Å². The summed E-state index contributed by atoms with van der Waals surface area (Å²) in [5.41, 5.74) is 1.66. The molecule has 5 nitrogen and oxygen atoms in total. The van der Waals surface area contributed by atoms with Crippen LogP contribution in [0.25, 0.3) is 22.2 Å². The molecule has 0 amide bonds. The number of hydrogen-bond donors (Lipinski definition) is 2. The van der Waals surface area contributed by atoms with E-state index in [0.717, 1.165) is 5.56 Å². The van der Waals surface area contributed by atoms with Gasteiger partial charge in [0.25, 0.3) is 5.56 Å². The van der Waals surface area contributed by atoms with Gasteiger partial charge in [0.05, 0.1) is 10.9 Å². The highest BCUT2D eigenvalue weighted by molar-refractivity contribution is 5.90. The fourth-order valence-electron chi connectivity index (χ4n) is 2.89. The van der Waals surface area contributed by atoms with E-state index in [1.54, 1.807) is 36.5 Å². The number of rotatable bonds is 4. The zero-order valence-corrected chi connectivity index (χ0v) is 13.8. The van der Waals surface area contributed by atoms with Crippen molar-refractivity contribution >= 4 is 11.0 Å². The number of H-pyrrole nitrogens is 1. The van der Waals surface area contributed by atoms with Gasteiger partial charge < -0.3 is 14.8 Å². The second-order valence-electron chi connectivity index (χ2n) is 5.85. The van der Waals surface area contributed by atoms with Crippen molar-refractivity contribution in [2.75, 3.05) is 0 Å². The van der Waals surface area contributed by atoms with Gasteiger partial charge in [-0.25, -0.2) is 4.98 Å². The lowest BCUT2D eigenvalue weighted by atomic mass is 10.0. The van der Waals surface area contributed by atoms with E-state index < -0.39 is 5.56 Å².